The van der Waals surface area contributed by atoms with E-state index in [1.165, 1.54) is 0 Å². The molecule has 3 heterocycles. The monoisotopic (exact) mass is 503 g/mol. The summed E-state index contributed by atoms with van der Waals surface area (Å²) in [6.45, 7) is 15.8. The zero-order valence-corrected chi connectivity index (χ0v) is 22.7. The van der Waals surface area contributed by atoms with E-state index in [0.717, 1.165) is 131 Å². The SMILES string of the molecule is CN(C)CCCN.NCCCC=NC1CO1.NCCCN1CCOCC1.NCCN1CCNCC1. The van der Waals surface area contributed by atoms with E-state index in [1.54, 1.807) is 0 Å². The third kappa shape index (κ3) is 26.2. The van der Waals surface area contributed by atoms with E-state index in [9.17, 15) is 0 Å². The number of unbranched alkanes of at least 4 members (excludes halogenated alkanes) is 1. The molecule has 11 nitrogen and oxygen atoms in total. The number of ether oxygens (including phenoxy) is 2. The summed E-state index contributed by atoms with van der Waals surface area (Å²) in [6.07, 6.45) is 6.30. The molecule has 3 fully saturated rings. The quantitative estimate of drug-likeness (QED) is 0.121. The maximum Gasteiger partial charge on any atom is 0.171 e. The van der Waals surface area contributed by atoms with Gasteiger partial charge in [-0.2, -0.15) is 0 Å². The van der Waals surface area contributed by atoms with Gasteiger partial charge in [0.2, 0.25) is 0 Å². The summed E-state index contributed by atoms with van der Waals surface area (Å²) >= 11 is 0. The van der Waals surface area contributed by atoms with Gasteiger partial charge in [0, 0.05) is 58.6 Å². The number of rotatable bonds is 12. The van der Waals surface area contributed by atoms with E-state index in [4.69, 9.17) is 32.4 Å². The first kappa shape index (κ1) is 34.3. The van der Waals surface area contributed by atoms with Crippen molar-refractivity contribution in [3.8, 4) is 0 Å². The first-order chi connectivity index (χ1) is 17.1. The van der Waals surface area contributed by atoms with Crippen molar-refractivity contribution in [1.82, 2.24) is 20.0 Å². The van der Waals surface area contributed by atoms with Crippen LogP contribution in [0.5, 0.6) is 0 Å². The Morgan fingerprint density at radius 1 is 0.857 bits per heavy atom. The lowest BCUT2D eigenvalue weighted by molar-refractivity contribution is 0.0377. The molecule has 1 unspecified atom stereocenters. The summed E-state index contributed by atoms with van der Waals surface area (Å²) in [5.74, 6) is 0. The van der Waals surface area contributed by atoms with Gasteiger partial charge < -0.3 is 42.6 Å². The Hall–Kier alpha value is -0.730. The molecule has 0 radical (unpaired) electrons. The Morgan fingerprint density at radius 3 is 1.94 bits per heavy atom. The van der Waals surface area contributed by atoms with Crippen LogP contribution < -0.4 is 28.3 Å². The second-order valence-corrected chi connectivity index (χ2v) is 8.97. The average molecular weight is 504 g/mol. The Kier molecular flexibility index (Phi) is 25.8. The fraction of sp³-hybridized carbons (Fsp3) is 0.958. The van der Waals surface area contributed by atoms with E-state index in [0.29, 0.717) is 0 Å². The summed E-state index contributed by atoms with van der Waals surface area (Å²) in [4.78, 5) is 11.0. The van der Waals surface area contributed by atoms with Crippen LogP contribution >= 0.6 is 0 Å². The Balaban J connectivity index is 0.000000444. The Morgan fingerprint density at radius 2 is 1.46 bits per heavy atom. The molecule has 9 N–H and O–H groups in total. The number of epoxide rings is 1. The Labute approximate surface area is 214 Å². The van der Waals surface area contributed by atoms with Gasteiger partial charge in [0.15, 0.2) is 6.23 Å². The van der Waals surface area contributed by atoms with Crippen LogP contribution in [0.1, 0.15) is 25.7 Å². The molecule has 35 heavy (non-hydrogen) atoms. The predicted octanol–water partition coefficient (Wildman–Crippen LogP) is -1.43. The number of nitrogens with zero attached hydrogens (tertiary/aromatic N) is 4. The summed E-state index contributed by atoms with van der Waals surface area (Å²) in [7, 11) is 4.10. The number of aliphatic imine (C=N–C) groups is 1. The van der Waals surface area contributed by atoms with Crippen LogP contribution in [-0.4, -0.2) is 146 Å². The molecule has 0 amide bonds. The van der Waals surface area contributed by atoms with Crippen molar-refractivity contribution in [2.75, 3.05) is 119 Å². The molecule has 11 heteroatoms. The number of hydrogen-bond acceptors (Lipinski definition) is 11. The second-order valence-electron chi connectivity index (χ2n) is 8.97. The standard InChI is InChI=1S/C7H16N2O.C6H15N3.C6H12N2O.C5H14N2/c8-2-1-3-9-4-6-10-7-5-9;7-1-4-9-5-2-8-3-6-9;7-3-1-2-4-8-6-5-9-6;1-7(2)5-3-4-6/h1-8H2;8H,1-7H2;4,6H,1-3,5,7H2;3-6H2,1-2H3. The van der Waals surface area contributed by atoms with Crippen LogP contribution in [0.25, 0.3) is 0 Å². The topological polar surface area (TPSA) is 160 Å². The lowest BCUT2D eigenvalue weighted by atomic mass is 10.3. The zero-order valence-electron chi connectivity index (χ0n) is 22.7. The van der Waals surface area contributed by atoms with E-state index < -0.39 is 0 Å². The van der Waals surface area contributed by atoms with E-state index >= 15 is 0 Å². The lowest BCUT2D eigenvalue weighted by Gasteiger charge is -2.26. The fourth-order valence-electron chi connectivity index (χ4n) is 3.19. The zero-order chi connectivity index (χ0) is 26.0. The van der Waals surface area contributed by atoms with Crippen molar-refractivity contribution >= 4 is 6.21 Å². The smallest absolute Gasteiger partial charge is 0.171 e. The minimum absolute atomic E-state index is 0.183. The predicted molar refractivity (Wildman–Crippen MR) is 148 cm³/mol. The van der Waals surface area contributed by atoms with E-state index in [2.05, 4.69) is 39.1 Å². The van der Waals surface area contributed by atoms with Gasteiger partial charge in [0.05, 0.1) is 19.8 Å². The number of piperazine rings is 1. The molecule has 0 spiro atoms. The highest BCUT2D eigenvalue weighted by Crippen LogP contribution is 2.08. The molecule has 0 saturated carbocycles. The van der Waals surface area contributed by atoms with Crippen molar-refractivity contribution in [2.45, 2.75) is 31.9 Å². The van der Waals surface area contributed by atoms with Crippen LogP contribution in [-0.2, 0) is 9.47 Å². The summed E-state index contributed by atoms with van der Waals surface area (Å²) in [6, 6.07) is 0. The third-order valence-electron chi connectivity index (χ3n) is 5.37. The molecule has 0 aromatic carbocycles. The molecule has 0 bridgehead atoms. The second kappa shape index (κ2) is 26.3. The molecule has 3 rings (SSSR count). The van der Waals surface area contributed by atoms with Gasteiger partial charge in [-0.25, -0.2) is 0 Å². The van der Waals surface area contributed by atoms with Crippen LogP contribution in [0, 0.1) is 0 Å². The normalized spacial score (nSPS) is 20.4. The third-order valence-corrected chi connectivity index (χ3v) is 5.37. The average Bonchev–Trinajstić information content (AvgIpc) is 3.71. The molecule has 3 aliphatic heterocycles. The number of hydrogen-bond donors (Lipinski definition) is 5. The van der Waals surface area contributed by atoms with Gasteiger partial charge in [-0.1, -0.05) is 0 Å². The summed E-state index contributed by atoms with van der Waals surface area (Å²) < 4.78 is 10.1. The largest absolute Gasteiger partial charge is 0.379 e. The fourth-order valence-corrected chi connectivity index (χ4v) is 3.19. The van der Waals surface area contributed by atoms with Crippen LogP contribution in [0.3, 0.4) is 0 Å². The van der Waals surface area contributed by atoms with Crippen LogP contribution in [0.2, 0.25) is 0 Å². The molecule has 0 aromatic rings. The summed E-state index contributed by atoms with van der Waals surface area (Å²) in [5.41, 5.74) is 21.3. The van der Waals surface area contributed by atoms with Gasteiger partial charge >= 0.3 is 0 Å². The van der Waals surface area contributed by atoms with Crippen molar-refractivity contribution in [3.63, 3.8) is 0 Å². The van der Waals surface area contributed by atoms with Crippen molar-refractivity contribution in [2.24, 2.45) is 27.9 Å². The number of nitrogens with one attached hydrogen (secondary N) is 1. The van der Waals surface area contributed by atoms with Gasteiger partial charge in [0.25, 0.3) is 0 Å². The van der Waals surface area contributed by atoms with Crippen LogP contribution in [0.4, 0.5) is 0 Å². The molecule has 1 atom stereocenters. The van der Waals surface area contributed by atoms with Crippen molar-refractivity contribution < 1.29 is 9.47 Å². The van der Waals surface area contributed by atoms with Crippen molar-refractivity contribution in [3.05, 3.63) is 0 Å². The number of nitrogens with two attached hydrogens (primary N) is 4. The van der Waals surface area contributed by atoms with Gasteiger partial charge in [-0.15, -0.1) is 0 Å². The summed E-state index contributed by atoms with van der Waals surface area (Å²) in [5, 5.41) is 3.29. The Bertz CT molecular complexity index is 440. The first-order valence-corrected chi connectivity index (χ1v) is 13.4. The number of morpholine rings is 1. The van der Waals surface area contributed by atoms with E-state index in [1.807, 2.05) is 6.21 Å². The van der Waals surface area contributed by atoms with Gasteiger partial charge in [-0.05, 0) is 72.5 Å². The van der Waals surface area contributed by atoms with Crippen LogP contribution in [0.15, 0.2) is 4.99 Å². The molecule has 210 valence electrons. The molecule has 3 saturated heterocycles. The molecule has 0 aromatic heterocycles. The molecular weight excluding hydrogens is 446 g/mol. The minimum atomic E-state index is 0.183. The maximum atomic E-state index is 5.40. The first-order valence-electron chi connectivity index (χ1n) is 13.4. The minimum Gasteiger partial charge on any atom is -0.379 e. The molecule has 3 aliphatic rings. The van der Waals surface area contributed by atoms with Gasteiger partial charge in [0.1, 0.15) is 0 Å². The highest BCUT2D eigenvalue weighted by Gasteiger charge is 2.19. The highest BCUT2D eigenvalue weighted by atomic mass is 16.6. The molecule has 0 aliphatic carbocycles. The van der Waals surface area contributed by atoms with Crippen molar-refractivity contribution in [1.29, 1.82) is 0 Å². The highest BCUT2D eigenvalue weighted by molar-refractivity contribution is 5.57. The van der Waals surface area contributed by atoms with Gasteiger partial charge in [-0.3, -0.25) is 14.8 Å². The van der Waals surface area contributed by atoms with E-state index in [-0.39, 0.29) is 6.23 Å². The molecular formula is C24H57N9O2. The lowest BCUT2D eigenvalue weighted by Crippen LogP contribution is -2.45. The maximum absolute atomic E-state index is 5.40.